The number of aryl methyl sites for hydroxylation is 1. The van der Waals surface area contributed by atoms with Gasteiger partial charge in [0, 0.05) is 24.7 Å². The van der Waals surface area contributed by atoms with Gasteiger partial charge < -0.3 is 0 Å². The largest absolute Gasteiger partial charge is 0.241 e. The van der Waals surface area contributed by atoms with Crippen LogP contribution >= 0.6 is 11.6 Å². The molecule has 2 nitrogen and oxygen atoms in total. The molecule has 1 heterocycles. The summed E-state index contributed by atoms with van der Waals surface area (Å²) in [5.74, 6) is 1.56. The van der Waals surface area contributed by atoms with Crippen LogP contribution in [0.2, 0.25) is 0 Å². The molecule has 0 saturated heterocycles. The van der Waals surface area contributed by atoms with Gasteiger partial charge in [0.15, 0.2) is 0 Å². The number of nitrogens with zero attached hydrogens (tertiary/aromatic N) is 2. The lowest BCUT2D eigenvalue weighted by atomic mass is 10.3. The van der Waals surface area contributed by atoms with Crippen LogP contribution in [-0.4, -0.2) is 15.8 Å². The van der Waals surface area contributed by atoms with Crippen molar-refractivity contribution >= 4 is 11.6 Å². The summed E-state index contributed by atoms with van der Waals surface area (Å²) < 4.78 is 0. The molecule has 0 aliphatic heterocycles. The topological polar surface area (TPSA) is 25.8 Å². The SMILES string of the molecule is ClCCCc1ncccn1. The highest BCUT2D eigenvalue weighted by Gasteiger charge is 1.91. The van der Waals surface area contributed by atoms with E-state index in [9.17, 15) is 0 Å². The van der Waals surface area contributed by atoms with E-state index in [0.29, 0.717) is 5.88 Å². The molecule has 0 amide bonds. The molecule has 0 bridgehead atoms. The molecule has 0 fully saturated rings. The highest BCUT2D eigenvalue weighted by molar-refractivity contribution is 6.17. The quantitative estimate of drug-likeness (QED) is 0.622. The molecule has 0 unspecified atom stereocenters. The van der Waals surface area contributed by atoms with Gasteiger partial charge in [-0.25, -0.2) is 9.97 Å². The lowest BCUT2D eigenvalue weighted by Gasteiger charge is -1.93. The minimum Gasteiger partial charge on any atom is -0.241 e. The Hall–Kier alpha value is -0.630. The highest BCUT2D eigenvalue weighted by Crippen LogP contribution is 1.94. The first kappa shape index (κ1) is 7.48. The van der Waals surface area contributed by atoms with Gasteiger partial charge in [-0.3, -0.25) is 0 Å². The first-order valence-electron chi connectivity index (χ1n) is 3.25. The van der Waals surface area contributed by atoms with E-state index in [1.54, 1.807) is 12.4 Å². The molecule has 0 spiro atoms. The van der Waals surface area contributed by atoms with Crippen LogP contribution < -0.4 is 0 Å². The number of aromatic nitrogens is 2. The van der Waals surface area contributed by atoms with Crippen molar-refractivity contribution in [3.63, 3.8) is 0 Å². The number of halogens is 1. The summed E-state index contributed by atoms with van der Waals surface area (Å²) in [4.78, 5) is 8.09. The summed E-state index contributed by atoms with van der Waals surface area (Å²) in [6.45, 7) is 0. The summed E-state index contributed by atoms with van der Waals surface area (Å²) in [5, 5.41) is 0. The molecule has 1 aromatic rings. The Morgan fingerprint density at radius 1 is 1.30 bits per heavy atom. The second-order valence-corrected chi connectivity index (χ2v) is 2.34. The van der Waals surface area contributed by atoms with E-state index >= 15 is 0 Å². The summed E-state index contributed by atoms with van der Waals surface area (Å²) in [5.41, 5.74) is 0. The van der Waals surface area contributed by atoms with E-state index in [2.05, 4.69) is 9.97 Å². The summed E-state index contributed by atoms with van der Waals surface area (Å²) in [7, 11) is 0. The molecule has 1 aromatic heterocycles. The molecule has 0 aliphatic rings. The maximum atomic E-state index is 5.50. The lowest BCUT2D eigenvalue weighted by Crippen LogP contribution is -1.93. The Morgan fingerprint density at radius 2 is 2.00 bits per heavy atom. The monoisotopic (exact) mass is 156 g/mol. The van der Waals surface area contributed by atoms with Crippen LogP contribution in [0.5, 0.6) is 0 Å². The van der Waals surface area contributed by atoms with Gasteiger partial charge >= 0.3 is 0 Å². The average Bonchev–Trinajstić information content (AvgIpc) is 2.03. The third-order valence-corrected chi connectivity index (χ3v) is 1.42. The van der Waals surface area contributed by atoms with Crippen molar-refractivity contribution in [1.82, 2.24) is 9.97 Å². The summed E-state index contributed by atoms with van der Waals surface area (Å²) >= 11 is 5.50. The predicted octanol–water partition coefficient (Wildman–Crippen LogP) is 1.65. The molecule has 0 saturated carbocycles. The lowest BCUT2D eigenvalue weighted by molar-refractivity contribution is 0.838. The molecule has 0 aliphatic carbocycles. The molecule has 1 rings (SSSR count). The van der Waals surface area contributed by atoms with Crippen LogP contribution in [0, 0.1) is 0 Å². The predicted molar refractivity (Wildman–Crippen MR) is 41.1 cm³/mol. The standard InChI is InChI=1S/C7H9ClN2/c8-4-1-3-7-9-5-2-6-10-7/h2,5-6H,1,3-4H2. The second-order valence-electron chi connectivity index (χ2n) is 1.96. The second kappa shape index (κ2) is 4.23. The zero-order valence-electron chi connectivity index (χ0n) is 5.63. The van der Waals surface area contributed by atoms with E-state index in [0.717, 1.165) is 18.7 Å². The van der Waals surface area contributed by atoms with E-state index in [4.69, 9.17) is 11.6 Å². The van der Waals surface area contributed by atoms with Gasteiger partial charge in [-0.05, 0) is 12.5 Å². The normalized spacial score (nSPS) is 9.70. The van der Waals surface area contributed by atoms with Gasteiger partial charge in [-0.2, -0.15) is 0 Å². The van der Waals surface area contributed by atoms with Crippen molar-refractivity contribution in [2.24, 2.45) is 0 Å². The van der Waals surface area contributed by atoms with Crippen LogP contribution in [0.4, 0.5) is 0 Å². The van der Waals surface area contributed by atoms with Crippen molar-refractivity contribution in [2.75, 3.05) is 5.88 Å². The van der Waals surface area contributed by atoms with Crippen molar-refractivity contribution < 1.29 is 0 Å². The molecule has 10 heavy (non-hydrogen) atoms. The Bertz CT molecular complexity index is 176. The maximum Gasteiger partial charge on any atom is 0.128 e. The Morgan fingerprint density at radius 3 is 2.60 bits per heavy atom. The highest BCUT2D eigenvalue weighted by atomic mass is 35.5. The smallest absolute Gasteiger partial charge is 0.128 e. The summed E-state index contributed by atoms with van der Waals surface area (Å²) in [6.07, 6.45) is 5.32. The minimum absolute atomic E-state index is 0.679. The molecule has 54 valence electrons. The fraction of sp³-hybridized carbons (Fsp3) is 0.429. The Balaban J connectivity index is 2.43. The minimum atomic E-state index is 0.679. The molecule has 0 aromatic carbocycles. The van der Waals surface area contributed by atoms with E-state index in [-0.39, 0.29) is 0 Å². The molecule has 0 atom stereocenters. The van der Waals surface area contributed by atoms with Crippen LogP contribution in [-0.2, 0) is 6.42 Å². The van der Waals surface area contributed by atoms with Gasteiger partial charge in [0.05, 0.1) is 0 Å². The van der Waals surface area contributed by atoms with Gasteiger partial charge in [-0.1, -0.05) is 0 Å². The maximum absolute atomic E-state index is 5.50. The zero-order chi connectivity index (χ0) is 7.23. The van der Waals surface area contributed by atoms with Crippen LogP contribution in [0.15, 0.2) is 18.5 Å². The van der Waals surface area contributed by atoms with Crippen molar-refractivity contribution in [1.29, 1.82) is 0 Å². The van der Waals surface area contributed by atoms with Crippen LogP contribution in [0.25, 0.3) is 0 Å². The zero-order valence-corrected chi connectivity index (χ0v) is 6.38. The van der Waals surface area contributed by atoms with Crippen LogP contribution in [0.3, 0.4) is 0 Å². The third kappa shape index (κ3) is 2.31. The van der Waals surface area contributed by atoms with Crippen molar-refractivity contribution in [3.05, 3.63) is 24.3 Å². The molecular formula is C7H9ClN2. The molecule has 3 heteroatoms. The fourth-order valence-electron chi connectivity index (χ4n) is 0.684. The number of hydrogen-bond acceptors (Lipinski definition) is 2. The third-order valence-electron chi connectivity index (χ3n) is 1.15. The van der Waals surface area contributed by atoms with Gasteiger partial charge in [0.25, 0.3) is 0 Å². The van der Waals surface area contributed by atoms with E-state index in [1.165, 1.54) is 0 Å². The fourth-order valence-corrected chi connectivity index (χ4v) is 0.818. The average molecular weight is 157 g/mol. The van der Waals surface area contributed by atoms with Crippen LogP contribution in [0.1, 0.15) is 12.2 Å². The van der Waals surface area contributed by atoms with Gasteiger partial charge in [0.2, 0.25) is 0 Å². The Kier molecular flexibility index (Phi) is 3.16. The number of hydrogen-bond donors (Lipinski definition) is 0. The molecule has 0 radical (unpaired) electrons. The Labute approximate surface area is 65.3 Å². The summed E-state index contributed by atoms with van der Waals surface area (Å²) in [6, 6.07) is 1.81. The van der Waals surface area contributed by atoms with Crippen molar-refractivity contribution in [3.8, 4) is 0 Å². The van der Waals surface area contributed by atoms with Gasteiger partial charge in [-0.15, -0.1) is 11.6 Å². The molecular weight excluding hydrogens is 148 g/mol. The van der Waals surface area contributed by atoms with Crippen molar-refractivity contribution in [2.45, 2.75) is 12.8 Å². The number of alkyl halides is 1. The van der Waals surface area contributed by atoms with E-state index < -0.39 is 0 Å². The first-order valence-corrected chi connectivity index (χ1v) is 3.79. The molecule has 0 N–H and O–H groups in total. The van der Waals surface area contributed by atoms with Gasteiger partial charge in [0.1, 0.15) is 5.82 Å². The van der Waals surface area contributed by atoms with E-state index in [1.807, 2.05) is 6.07 Å². The number of rotatable bonds is 3. The first-order chi connectivity index (χ1) is 4.93.